The van der Waals surface area contributed by atoms with Crippen molar-refractivity contribution in [3.8, 4) is 0 Å². The summed E-state index contributed by atoms with van der Waals surface area (Å²) in [4.78, 5) is 13.4. The van der Waals surface area contributed by atoms with Gasteiger partial charge in [0, 0.05) is 10.7 Å². The molecule has 3 N–H and O–H groups in total. The van der Waals surface area contributed by atoms with E-state index in [4.69, 9.17) is 5.73 Å². The Kier molecular flexibility index (Phi) is 1.80. The van der Waals surface area contributed by atoms with Crippen LogP contribution in [-0.4, -0.2) is 10.9 Å². The van der Waals surface area contributed by atoms with Gasteiger partial charge in [0.25, 0.3) is 5.91 Å². The number of aromatic nitrogens is 1. The van der Waals surface area contributed by atoms with Crippen molar-refractivity contribution in [2.45, 2.75) is 6.92 Å². The Labute approximate surface area is 66.7 Å². The molecule has 0 aliphatic carbocycles. The number of carbonyl (C=O) groups excluding carboxylic acids is 1. The first-order valence-corrected chi connectivity index (χ1v) is 3.55. The predicted molar refractivity (Wildman–Crippen MR) is 41.7 cm³/mol. The number of nitrogens with one attached hydrogen (secondary N) is 1. The van der Waals surface area contributed by atoms with E-state index < -0.39 is 5.91 Å². The van der Waals surface area contributed by atoms with Crippen LogP contribution in [0.3, 0.4) is 0 Å². The fraction of sp³-hybridized carbons (Fsp3) is 0.167. The molecule has 0 atom stereocenters. The average molecular weight is 203 g/mol. The van der Waals surface area contributed by atoms with E-state index in [0.717, 1.165) is 10.0 Å². The zero-order valence-corrected chi connectivity index (χ0v) is 7.03. The van der Waals surface area contributed by atoms with Crippen molar-refractivity contribution in [3.05, 3.63) is 21.9 Å². The highest BCUT2D eigenvalue weighted by Crippen LogP contribution is 2.17. The molecule has 0 saturated carbocycles. The largest absolute Gasteiger partial charge is 0.364 e. The molecule has 0 fully saturated rings. The molecule has 1 aromatic rings. The van der Waals surface area contributed by atoms with E-state index in [0.29, 0.717) is 5.69 Å². The number of amides is 1. The van der Waals surface area contributed by atoms with Crippen molar-refractivity contribution < 1.29 is 4.79 Å². The normalized spacial score (nSPS) is 9.80. The lowest BCUT2D eigenvalue weighted by atomic mass is 10.3. The smallest absolute Gasteiger partial charge is 0.265 e. The van der Waals surface area contributed by atoms with Crippen LogP contribution in [0, 0.1) is 6.92 Å². The number of nitrogens with two attached hydrogens (primary N) is 1. The maximum absolute atomic E-state index is 10.6. The van der Waals surface area contributed by atoms with Crippen molar-refractivity contribution in [2.75, 3.05) is 0 Å². The molecule has 1 heterocycles. The van der Waals surface area contributed by atoms with Crippen LogP contribution in [-0.2, 0) is 0 Å². The molecule has 0 aromatic carbocycles. The second-order valence-electron chi connectivity index (χ2n) is 2.00. The summed E-state index contributed by atoms with van der Waals surface area (Å²) in [6.07, 6.45) is 1.69. The van der Waals surface area contributed by atoms with Gasteiger partial charge in [-0.25, -0.2) is 0 Å². The molecule has 0 bridgehead atoms. The van der Waals surface area contributed by atoms with Crippen molar-refractivity contribution >= 4 is 21.8 Å². The monoisotopic (exact) mass is 202 g/mol. The van der Waals surface area contributed by atoms with Gasteiger partial charge >= 0.3 is 0 Å². The minimum Gasteiger partial charge on any atom is -0.364 e. The number of rotatable bonds is 1. The molecule has 0 saturated heterocycles. The van der Waals surface area contributed by atoms with E-state index in [1.54, 1.807) is 6.20 Å². The molecule has 1 rings (SSSR count). The van der Waals surface area contributed by atoms with Crippen molar-refractivity contribution in [2.24, 2.45) is 5.73 Å². The number of halogens is 1. The van der Waals surface area contributed by atoms with Crippen LogP contribution in [0.15, 0.2) is 10.7 Å². The van der Waals surface area contributed by atoms with Gasteiger partial charge in [-0.05, 0) is 28.4 Å². The van der Waals surface area contributed by atoms with E-state index >= 15 is 0 Å². The van der Waals surface area contributed by atoms with Crippen LogP contribution < -0.4 is 5.73 Å². The van der Waals surface area contributed by atoms with Gasteiger partial charge in [0.05, 0.1) is 0 Å². The van der Waals surface area contributed by atoms with Gasteiger partial charge in [-0.15, -0.1) is 0 Å². The minimum absolute atomic E-state index is 0.428. The first kappa shape index (κ1) is 7.34. The van der Waals surface area contributed by atoms with E-state index in [9.17, 15) is 4.79 Å². The molecule has 3 nitrogen and oxygen atoms in total. The maximum atomic E-state index is 10.6. The topological polar surface area (TPSA) is 58.9 Å². The number of carbonyl (C=O) groups is 1. The first-order valence-electron chi connectivity index (χ1n) is 2.76. The second-order valence-corrected chi connectivity index (χ2v) is 2.86. The quantitative estimate of drug-likeness (QED) is 0.707. The molecular formula is C6H7BrN2O. The summed E-state index contributed by atoms with van der Waals surface area (Å²) in [7, 11) is 0. The van der Waals surface area contributed by atoms with Crippen LogP contribution in [0.2, 0.25) is 0 Å². The number of aromatic amines is 1. The molecule has 1 amide bonds. The third-order valence-electron chi connectivity index (χ3n) is 1.32. The van der Waals surface area contributed by atoms with Gasteiger partial charge in [0.1, 0.15) is 5.69 Å². The summed E-state index contributed by atoms with van der Waals surface area (Å²) < 4.78 is 0.876. The second kappa shape index (κ2) is 2.46. The van der Waals surface area contributed by atoms with Crippen molar-refractivity contribution in [3.63, 3.8) is 0 Å². The molecule has 4 heteroatoms. The molecule has 10 heavy (non-hydrogen) atoms. The van der Waals surface area contributed by atoms with Gasteiger partial charge in [0.15, 0.2) is 0 Å². The van der Waals surface area contributed by atoms with Crippen LogP contribution in [0.25, 0.3) is 0 Å². The number of primary amides is 1. The molecule has 0 aliphatic rings. The first-order chi connectivity index (χ1) is 4.63. The van der Waals surface area contributed by atoms with E-state index in [1.165, 1.54) is 0 Å². The summed E-state index contributed by atoms with van der Waals surface area (Å²) in [6.45, 7) is 1.82. The number of hydrogen-bond acceptors (Lipinski definition) is 1. The lowest BCUT2D eigenvalue weighted by molar-refractivity contribution is 0.0995. The maximum Gasteiger partial charge on any atom is 0.265 e. The van der Waals surface area contributed by atoms with E-state index in [1.807, 2.05) is 6.92 Å². The Hall–Kier alpha value is -0.770. The molecule has 1 aromatic heterocycles. The highest BCUT2D eigenvalue weighted by atomic mass is 79.9. The minimum atomic E-state index is -0.428. The molecule has 0 spiro atoms. The molecular weight excluding hydrogens is 196 g/mol. The summed E-state index contributed by atoms with van der Waals surface area (Å²) >= 11 is 3.25. The lowest BCUT2D eigenvalue weighted by Gasteiger charge is -1.90. The van der Waals surface area contributed by atoms with Gasteiger partial charge in [-0.1, -0.05) is 0 Å². The molecule has 0 unspecified atom stereocenters. The zero-order valence-electron chi connectivity index (χ0n) is 5.44. The highest BCUT2D eigenvalue weighted by molar-refractivity contribution is 9.10. The SMILES string of the molecule is Cc1c(Br)c[nH]c1C(N)=O. The Morgan fingerprint density at radius 2 is 2.40 bits per heavy atom. The fourth-order valence-electron chi connectivity index (χ4n) is 0.727. The van der Waals surface area contributed by atoms with Crippen LogP contribution in [0.5, 0.6) is 0 Å². The van der Waals surface area contributed by atoms with Gasteiger partial charge in [-0.3, -0.25) is 4.79 Å². The molecule has 54 valence electrons. The Morgan fingerprint density at radius 3 is 2.60 bits per heavy atom. The lowest BCUT2D eigenvalue weighted by Crippen LogP contribution is -2.12. The summed E-state index contributed by atoms with van der Waals surface area (Å²) in [5.74, 6) is -0.428. The van der Waals surface area contributed by atoms with Gasteiger partial charge in [0.2, 0.25) is 0 Å². The van der Waals surface area contributed by atoms with Crippen LogP contribution in [0.1, 0.15) is 16.1 Å². The van der Waals surface area contributed by atoms with Crippen molar-refractivity contribution in [1.29, 1.82) is 0 Å². The Balaban J connectivity index is 3.17. The highest BCUT2D eigenvalue weighted by Gasteiger charge is 2.08. The average Bonchev–Trinajstić information content (AvgIpc) is 2.14. The third kappa shape index (κ3) is 1.07. The number of H-pyrrole nitrogens is 1. The van der Waals surface area contributed by atoms with Gasteiger partial charge in [-0.2, -0.15) is 0 Å². The Bertz CT molecular complexity index is 267. The third-order valence-corrected chi connectivity index (χ3v) is 2.15. The predicted octanol–water partition coefficient (Wildman–Crippen LogP) is 1.18. The summed E-state index contributed by atoms with van der Waals surface area (Å²) in [6, 6.07) is 0. The number of hydrogen-bond donors (Lipinski definition) is 2. The van der Waals surface area contributed by atoms with E-state index in [-0.39, 0.29) is 0 Å². The standard InChI is InChI=1S/C6H7BrN2O/c1-3-4(7)2-9-5(3)6(8)10/h2,9H,1H3,(H2,8,10). The van der Waals surface area contributed by atoms with E-state index in [2.05, 4.69) is 20.9 Å². The summed E-state index contributed by atoms with van der Waals surface area (Å²) in [5, 5.41) is 0. The summed E-state index contributed by atoms with van der Waals surface area (Å²) in [5.41, 5.74) is 6.36. The fourth-order valence-corrected chi connectivity index (χ4v) is 1.04. The molecule has 0 radical (unpaired) electrons. The molecule has 0 aliphatic heterocycles. The van der Waals surface area contributed by atoms with Crippen LogP contribution in [0.4, 0.5) is 0 Å². The van der Waals surface area contributed by atoms with Crippen molar-refractivity contribution in [1.82, 2.24) is 4.98 Å². The Morgan fingerprint density at radius 1 is 1.80 bits per heavy atom. The van der Waals surface area contributed by atoms with Crippen LogP contribution >= 0.6 is 15.9 Å². The zero-order chi connectivity index (χ0) is 7.72. The van der Waals surface area contributed by atoms with Gasteiger partial charge < -0.3 is 10.7 Å².